The number of aromatic nitrogens is 2. The smallest absolute Gasteiger partial charge is 0.274 e. The third-order valence-electron chi connectivity index (χ3n) is 6.07. The van der Waals surface area contributed by atoms with E-state index in [0.29, 0.717) is 17.3 Å². The Morgan fingerprint density at radius 1 is 1.06 bits per heavy atom. The van der Waals surface area contributed by atoms with Crippen molar-refractivity contribution >= 4 is 16.7 Å². The topological polar surface area (TPSA) is 76.5 Å². The molecule has 0 saturated carbocycles. The summed E-state index contributed by atoms with van der Waals surface area (Å²) in [5, 5.41) is 8.60. The van der Waals surface area contributed by atoms with Crippen LogP contribution in [0.4, 0.5) is 0 Å². The maximum atomic E-state index is 13.3. The monoisotopic (exact) mass is 434 g/mol. The lowest BCUT2D eigenvalue weighted by molar-refractivity contribution is 0.0931. The molecule has 4 rings (SSSR count). The zero-order chi connectivity index (χ0) is 22.7. The number of carbonyl (C=O) groups excluding carboxylic acids is 1. The van der Waals surface area contributed by atoms with Gasteiger partial charge in [0.05, 0.1) is 24.6 Å². The highest BCUT2D eigenvalue weighted by Gasteiger charge is 2.27. The highest BCUT2D eigenvalue weighted by atomic mass is 16.5. The summed E-state index contributed by atoms with van der Waals surface area (Å²) in [5.74, 6) is 0.533. The average Bonchev–Trinajstić information content (AvgIpc) is 3.34. The van der Waals surface area contributed by atoms with Crippen LogP contribution < -0.4 is 15.6 Å². The number of methoxy groups -OCH3 is 1. The highest BCUT2D eigenvalue weighted by molar-refractivity contribution is 6.04. The zero-order valence-electron chi connectivity index (χ0n) is 18.9. The second-order valence-electron chi connectivity index (χ2n) is 8.45. The average molecular weight is 435 g/mol. The van der Waals surface area contributed by atoms with E-state index in [1.807, 2.05) is 38.1 Å². The van der Waals surface area contributed by atoms with Gasteiger partial charge in [-0.3, -0.25) is 14.5 Å². The van der Waals surface area contributed by atoms with Gasteiger partial charge in [0.15, 0.2) is 5.69 Å². The van der Waals surface area contributed by atoms with E-state index in [1.165, 1.54) is 4.68 Å². The Bertz CT molecular complexity index is 1170. The van der Waals surface area contributed by atoms with Gasteiger partial charge in [0.1, 0.15) is 5.75 Å². The Kier molecular flexibility index (Phi) is 6.55. The number of rotatable bonds is 7. The molecule has 7 heteroatoms. The van der Waals surface area contributed by atoms with Crippen molar-refractivity contribution in [1.82, 2.24) is 20.0 Å². The molecule has 0 radical (unpaired) electrons. The molecule has 1 amide bonds. The Morgan fingerprint density at radius 3 is 2.41 bits per heavy atom. The fourth-order valence-corrected chi connectivity index (χ4v) is 4.43. The first kappa shape index (κ1) is 22.0. The summed E-state index contributed by atoms with van der Waals surface area (Å²) in [7, 11) is 1.67. The van der Waals surface area contributed by atoms with Crippen molar-refractivity contribution < 1.29 is 9.53 Å². The molecule has 1 fully saturated rings. The van der Waals surface area contributed by atoms with Crippen LogP contribution in [0.15, 0.2) is 53.3 Å². The maximum absolute atomic E-state index is 13.3. The zero-order valence-corrected chi connectivity index (χ0v) is 18.9. The predicted octanol–water partition coefficient (Wildman–Crippen LogP) is 3.55. The molecule has 1 aliphatic heterocycles. The van der Waals surface area contributed by atoms with Gasteiger partial charge in [0, 0.05) is 17.5 Å². The number of likely N-dealkylation sites (tertiary alicyclic amines) is 1. The lowest BCUT2D eigenvalue weighted by Gasteiger charge is -2.29. The normalized spacial score (nSPS) is 15.2. The molecule has 2 aromatic carbocycles. The minimum absolute atomic E-state index is 0.000122. The van der Waals surface area contributed by atoms with Gasteiger partial charge < -0.3 is 10.1 Å². The van der Waals surface area contributed by atoms with E-state index in [9.17, 15) is 9.59 Å². The van der Waals surface area contributed by atoms with Crippen molar-refractivity contribution in [1.29, 1.82) is 0 Å². The van der Waals surface area contributed by atoms with Gasteiger partial charge >= 0.3 is 0 Å². The van der Waals surface area contributed by atoms with Crippen molar-refractivity contribution in [3.8, 4) is 5.75 Å². The van der Waals surface area contributed by atoms with E-state index >= 15 is 0 Å². The number of ether oxygens (including phenoxy) is 1. The second kappa shape index (κ2) is 9.53. The number of amides is 1. The van der Waals surface area contributed by atoms with Crippen LogP contribution in [0.5, 0.6) is 5.75 Å². The number of benzene rings is 2. The Hall–Kier alpha value is -3.19. The molecule has 1 N–H and O–H groups in total. The third-order valence-corrected chi connectivity index (χ3v) is 6.07. The fourth-order valence-electron chi connectivity index (χ4n) is 4.43. The molecule has 1 atom stereocenters. The lowest BCUT2D eigenvalue weighted by Crippen LogP contribution is -2.38. The molecule has 0 aliphatic carbocycles. The summed E-state index contributed by atoms with van der Waals surface area (Å²) in [6.07, 6.45) is 2.29. The standard InChI is InChI=1S/C25H30N4O3/c1-17(2)29-25(31)19-11-5-4-10-18(19)23(27-29)24(30)26-16-21(28-14-8-9-15-28)20-12-6-7-13-22(20)32-3/h4-7,10-13,17,21H,8-9,14-16H2,1-3H3,(H,26,30). The van der Waals surface area contributed by atoms with Gasteiger partial charge in [-0.15, -0.1) is 0 Å². The van der Waals surface area contributed by atoms with Crippen LogP contribution in [0, 0.1) is 0 Å². The molecule has 32 heavy (non-hydrogen) atoms. The molecular formula is C25H30N4O3. The number of nitrogens with zero attached hydrogens (tertiary/aromatic N) is 3. The largest absolute Gasteiger partial charge is 0.496 e. The summed E-state index contributed by atoms with van der Waals surface area (Å²) < 4.78 is 6.98. The number of fused-ring (bicyclic) bond motifs is 1. The molecule has 1 aliphatic rings. The van der Waals surface area contributed by atoms with Gasteiger partial charge in [-0.25, -0.2) is 4.68 Å². The number of nitrogens with one attached hydrogen (secondary N) is 1. The van der Waals surface area contributed by atoms with E-state index in [-0.39, 0.29) is 29.2 Å². The van der Waals surface area contributed by atoms with Crippen molar-refractivity contribution in [2.24, 2.45) is 0 Å². The van der Waals surface area contributed by atoms with Crippen molar-refractivity contribution in [3.63, 3.8) is 0 Å². The summed E-state index contributed by atoms with van der Waals surface area (Å²) in [5.41, 5.74) is 1.15. The van der Waals surface area contributed by atoms with Crippen molar-refractivity contribution in [3.05, 3.63) is 70.1 Å². The first-order valence-corrected chi connectivity index (χ1v) is 11.2. The third kappa shape index (κ3) is 4.25. The quantitative estimate of drug-likeness (QED) is 0.615. The van der Waals surface area contributed by atoms with Crippen LogP contribution in [-0.4, -0.2) is 47.3 Å². The predicted molar refractivity (Wildman–Crippen MR) is 125 cm³/mol. The minimum Gasteiger partial charge on any atom is -0.496 e. The van der Waals surface area contributed by atoms with Crippen LogP contribution in [0.2, 0.25) is 0 Å². The molecule has 7 nitrogen and oxygen atoms in total. The summed E-state index contributed by atoms with van der Waals surface area (Å²) in [6.45, 7) is 6.16. The fraction of sp³-hybridized carbons (Fsp3) is 0.400. The molecule has 1 saturated heterocycles. The van der Waals surface area contributed by atoms with Crippen molar-refractivity contribution in [2.45, 2.75) is 38.8 Å². The van der Waals surface area contributed by atoms with Crippen molar-refractivity contribution in [2.75, 3.05) is 26.7 Å². The Morgan fingerprint density at radius 2 is 1.72 bits per heavy atom. The van der Waals surface area contributed by atoms with Gasteiger partial charge in [0.2, 0.25) is 0 Å². The molecule has 0 spiro atoms. The number of carbonyl (C=O) groups is 1. The first-order valence-electron chi connectivity index (χ1n) is 11.2. The molecule has 1 unspecified atom stereocenters. The summed E-state index contributed by atoms with van der Waals surface area (Å²) >= 11 is 0. The van der Waals surface area contributed by atoms with Crippen LogP contribution in [-0.2, 0) is 0 Å². The van der Waals surface area contributed by atoms with E-state index in [4.69, 9.17) is 4.74 Å². The Labute approximate surface area is 188 Å². The van der Waals surface area contributed by atoms with Crippen LogP contribution in [0.25, 0.3) is 10.8 Å². The molecule has 0 bridgehead atoms. The van der Waals surface area contributed by atoms with E-state index in [0.717, 1.165) is 37.2 Å². The maximum Gasteiger partial charge on any atom is 0.274 e. The summed E-state index contributed by atoms with van der Waals surface area (Å²) in [4.78, 5) is 28.5. The minimum atomic E-state index is -0.283. The molecule has 1 aromatic heterocycles. The molecular weight excluding hydrogens is 404 g/mol. The molecule has 168 valence electrons. The number of hydrogen-bond acceptors (Lipinski definition) is 5. The van der Waals surface area contributed by atoms with E-state index in [1.54, 1.807) is 25.3 Å². The van der Waals surface area contributed by atoms with Gasteiger partial charge in [0.25, 0.3) is 11.5 Å². The first-order chi connectivity index (χ1) is 15.5. The number of para-hydroxylation sites is 1. The van der Waals surface area contributed by atoms with E-state index < -0.39 is 0 Å². The van der Waals surface area contributed by atoms with Gasteiger partial charge in [-0.1, -0.05) is 36.4 Å². The number of hydrogen-bond donors (Lipinski definition) is 1. The SMILES string of the molecule is COc1ccccc1C(CNC(=O)c1nn(C(C)C)c(=O)c2ccccc12)N1CCCC1. The van der Waals surface area contributed by atoms with Gasteiger partial charge in [-0.05, 0) is 51.9 Å². The highest BCUT2D eigenvalue weighted by Crippen LogP contribution is 2.31. The van der Waals surface area contributed by atoms with Crippen LogP contribution in [0.3, 0.4) is 0 Å². The molecule has 2 heterocycles. The second-order valence-corrected chi connectivity index (χ2v) is 8.45. The van der Waals surface area contributed by atoms with Crippen LogP contribution in [0.1, 0.15) is 54.8 Å². The van der Waals surface area contributed by atoms with Crippen LogP contribution >= 0.6 is 0 Å². The van der Waals surface area contributed by atoms with Gasteiger partial charge in [-0.2, -0.15) is 5.10 Å². The lowest BCUT2D eigenvalue weighted by atomic mass is 10.0. The molecule has 3 aromatic rings. The van der Waals surface area contributed by atoms with E-state index in [2.05, 4.69) is 21.4 Å². The summed E-state index contributed by atoms with van der Waals surface area (Å²) in [6, 6.07) is 15.0. The Balaban J connectivity index is 1.66.